The van der Waals surface area contributed by atoms with E-state index in [1.807, 2.05) is 4.90 Å². The number of benzene rings is 2. The highest BCUT2D eigenvalue weighted by Gasteiger charge is 2.35. The van der Waals surface area contributed by atoms with Crippen molar-refractivity contribution in [3.05, 3.63) is 72.0 Å². The van der Waals surface area contributed by atoms with Crippen molar-refractivity contribution < 1.29 is 26.7 Å². The van der Waals surface area contributed by atoms with Gasteiger partial charge >= 0.3 is 6.18 Å². The van der Waals surface area contributed by atoms with Crippen LogP contribution in [0.3, 0.4) is 0 Å². The smallest absolute Gasteiger partial charge is 0.419 e. The summed E-state index contributed by atoms with van der Waals surface area (Å²) in [6.45, 7) is 1.12. The molecule has 2 aromatic heterocycles. The first-order valence-electron chi connectivity index (χ1n) is 10.9. The summed E-state index contributed by atoms with van der Waals surface area (Å²) in [6, 6.07) is 14.4. The first-order valence-corrected chi connectivity index (χ1v) is 10.9. The van der Waals surface area contributed by atoms with E-state index in [9.17, 15) is 17.6 Å². The van der Waals surface area contributed by atoms with Gasteiger partial charge in [0.05, 0.1) is 5.56 Å². The van der Waals surface area contributed by atoms with Crippen molar-refractivity contribution in [2.45, 2.75) is 25.1 Å². The normalized spacial score (nSPS) is 14.8. The molecule has 2 aromatic carbocycles. The minimum Gasteiger partial charge on any atom is -0.490 e. The van der Waals surface area contributed by atoms with Gasteiger partial charge in [0.2, 0.25) is 5.89 Å². The van der Waals surface area contributed by atoms with E-state index >= 15 is 0 Å². The first-order chi connectivity index (χ1) is 16.9. The number of para-hydroxylation sites is 1. The molecule has 0 saturated carbocycles. The van der Waals surface area contributed by atoms with Crippen LogP contribution in [0.15, 0.2) is 65.1 Å². The summed E-state index contributed by atoms with van der Waals surface area (Å²) in [5.74, 6) is 0.527. The van der Waals surface area contributed by atoms with Crippen LogP contribution < -0.4 is 9.64 Å². The van der Waals surface area contributed by atoms with Crippen LogP contribution in [0.1, 0.15) is 18.4 Å². The van der Waals surface area contributed by atoms with Gasteiger partial charge in [-0.1, -0.05) is 12.1 Å². The molecule has 4 aromatic rings. The van der Waals surface area contributed by atoms with Gasteiger partial charge in [0, 0.05) is 31.5 Å². The van der Waals surface area contributed by atoms with Crippen molar-refractivity contribution in [3.8, 4) is 28.8 Å². The Labute approximate surface area is 197 Å². The van der Waals surface area contributed by atoms with Gasteiger partial charge in [0.15, 0.2) is 5.82 Å². The van der Waals surface area contributed by atoms with Crippen LogP contribution in [-0.2, 0) is 6.18 Å². The zero-order chi connectivity index (χ0) is 24.4. The van der Waals surface area contributed by atoms with E-state index in [-0.39, 0.29) is 29.5 Å². The SMILES string of the molecule is Fc1ccc(-c2nnc(-c3ccc(N4CCC(Oc5ccccc5C(F)(F)F)CC4)nn3)o2)cc1. The zero-order valence-corrected chi connectivity index (χ0v) is 18.2. The topological polar surface area (TPSA) is 77.2 Å². The average molecular weight is 485 g/mol. The molecule has 1 aliphatic heterocycles. The molecule has 35 heavy (non-hydrogen) atoms. The molecule has 0 aliphatic carbocycles. The monoisotopic (exact) mass is 485 g/mol. The highest BCUT2D eigenvalue weighted by atomic mass is 19.4. The molecule has 180 valence electrons. The predicted molar refractivity (Wildman–Crippen MR) is 118 cm³/mol. The van der Waals surface area contributed by atoms with E-state index in [1.54, 1.807) is 12.1 Å². The molecule has 1 aliphatic rings. The van der Waals surface area contributed by atoms with Crippen LogP contribution in [-0.4, -0.2) is 39.6 Å². The van der Waals surface area contributed by atoms with Crippen LogP contribution in [0.25, 0.3) is 23.0 Å². The molecule has 5 rings (SSSR count). The quantitative estimate of drug-likeness (QED) is 0.350. The summed E-state index contributed by atoms with van der Waals surface area (Å²) in [6.07, 6.45) is -3.71. The fourth-order valence-corrected chi connectivity index (χ4v) is 3.83. The molecular formula is C24H19F4N5O2. The Balaban J connectivity index is 1.21. The second-order valence-corrected chi connectivity index (χ2v) is 7.99. The number of alkyl halides is 3. The van der Waals surface area contributed by atoms with Gasteiger partial charge in [-0.3, -0.25) is 0 Å². The number of anilines is 1. The largest absolute Gasteiger partial charge is 0.490 e. The maximum absolute atomic E-state index is 13.2. The average Bonchev–Trinajstić information content (AvgIpc) is 3.35. The lowest BCUT2D eigenvalue weighted by Crippen LogP contribution is -2.39. The number of rotatable bonds is 5. The summed E-state index contributed by atoms with van der Waals surface area (Å²) in [7, 11) is 0. The van der Waals surface area contributed by atoms with Crippen molar-refractivity contribution in [1.82, 2.24) is 20.4 Å². The lowest BCUT2D eigenvalue weighted by Gasteiger charge is -2.33. The minimum atomic E-state index is -4.47. The molecule has 3 heterocycles. The summed E-state index contributed by atoms with van der Waals surface area (Å²) in [5.41, 5.74) is 0.196. The van der Waals surface area contributed by atoms with Gasteiger partial charge < -0.3 is 14.1 Å². The molecule has 1 fully saturated rings. The third kappa shape index (κ3) is 5.08. The van der Waals surface area contributed by atoms with Crippen molar-refractivity contribution in [1.29, 1.82) is 0 Å². The van der Waals surface area contributed by atoms with E-state index in [0.29, 0.717) is 43.0 Å². The molecule has 7 nitrogen and oxygen atoms in total. The molecule has 0 N–H and O–H groups in total. The number of halogens is 4. The standard InChI is InChI=1S/C24H19F4N5O2/c25-16-7-5-15(6-8-16)22-31-32-23(35-22)19-9-10-21(30-29-19)33-13-11-17(12-14-33)34-20-4-2-1-3-18(20)24(26,27)28/h1-10,17H,11-14H2. The number of hydrogen-bond donors (Lipinski definition) is 0. The number of aromatic nitrogens is 4. The van der Waals surface area contributed by atoms with Gasteiger partial charge in [0.25, 0.3) is 5.89 Å². The fraction of sp³-hybridized carbons (Fsp3) is 0.250. The Morgan fingerprint density at radius 1 is 0.829 bits per heavy atom. The van der Waals surface area contributed by atoms with Gasteiger partial charge in [0.1, 0.15) is 23.4 Å². The molecular weight excluding hydrogens is 466 g/mol. The molecule has 0 bridgehead atoms. The van der Waals surface area contributed by atoms with Crippen LogP contribution in [0.4, 0.5) is 23.4 Å². The summed E-state index contributed by atoms with van der Waals surface area (Å²) < 4.78 is 64.1. The Morgan fingerprint density at radius 3 is 2.23 bits per heavy atom. The molecule has 0 spiro atoms. The van der Waals surface area contributed by atoms with Crippen molar-refractivity contribution in [2.75, 3.05) is 18.0 Å². The predicted octanol–water partition coefficient (Wildman–Crippen LogP) is 5.40. The Bertz CT molecular complexity index is 1280. The summed E-state index contributed by atoms with van der Waals surface area (Å²) in [4.78, 5) is 1.99. The van der Waals surface area contributed by atoms with Crippen molar-refractivity contribution >= 4 is 5.82 Å². The fourth-order valence-electron chi connectivity index (χ4n) is 3.83. The summed E-state index contributed by atoms with van der Waals surface area (Å²) >= 11 is 0. The van der Waals surface area contributed by atoms with E-state index in [4.69, 9.17) is 9.15 Å². The summed E-state index contributed by atoms with van der Waals surface area (Å²) in [5, 5.41) is 16.3. The van der Waals surface area contributed by atoms with Gasteiger partial charge in [-0.05, 0) is 48.5 Å². The van der Waals surface area contributed by atoms with Gasteiger partial charge in [-0.15, -0.1) is 20.4 Å². The second-order valence-electron chi connectivity index (χ2n) is 7.99. The van der Waals surface area contributed by atoms with E-state index in [2.05, 4.69) is 20.4 Å². The highest BCUT2D eigenvalue weighted by molar-refractivity contribution is 5.56. The second kappa shape index (κ2) is 9.32. The molecule has 1 saturated heterocycles. The van der Waals surface area contributed by atoms with E-state index < -0.39 is 11.7 Å². The number of piperidine rings is 1. The van der Waals surface area contributed by atoms with Crippen molar-refractivity contribution in [2.24, 2.45) is 0 Å². The van der Waals surface area contributed by atoms with Crippen LogP contribution in [0, 0.1) is 5.82 Å². The Morgan fingerprint density at radius 2 is 1.54 bits per heavy atom. The van der Waals surface area contributed by atoms with Crippen LogP contribution >= 0.6 is 0 Å². The number of hydrogen-bond acceptors (Lipinski definition) is 7. The minimum absolute atomic E-state index is 0.151. The van der Waals surface area contributed by atoms with Gasteiger partial charge in [-0.2, -0.15) is 13.2 Å². The molecule has 0 unspecified atom stereocenters. The zero-order valence-electron chi connectivity index (χ0n) is 18.2. The van der Waals surface area contributed by atoms with Crippen LogP contribution in [0.5, 0.6) is 5.75 Å². The lowest BCUT2D eigenvalue weighted by molar-refractivity contribution is -0.139. The van der Waals surface area contributed by atoms with Gasteiger partial charge in [-0.25, -0.2) is 4.39 Å². The molecule has 0 atom stereocenters. The first kappa shape index (κ1) is 22.8. The third-order valence-corrected chi connectivity index (χ3v) is 5.64. The Hall–Kier alpha value is -4.02. The maximum atomic E-state index is 13.2. The third-order valence-electron chi connectivity index (χ3n) is 5.64. The molecule has 0 amide bonds. The molecule has 11 heteroatoms. The van der Waals surface area contributed by atoms with Crippen molar-refractivity contribution in [3.63, 3.8) is 0 Å². The lowest BCUT2D eigenvalue weighted by atomic mass is 10.1. The maximum Gasteiger partial charge on any atom is 0.419 e. The van der Waals surface area contributed by atoms with Crippen LogP contribution in [0.2, 0.25) is 0 Å². The highest BCUT2D eigenvalue weighted by Crippen LogP contribution is 2.37. The van der Waals surface area contributed by atoms with E-state index in [0.717, 1.165) is 6.07 Å². The number of nitrogens with zero attached hydrogens (tertiary/aromatic N) is 5. The molecule has 0 radical (unpaired) electrons. The Kier molecular flexibility index (Phi) is 6.06. The number of ether oxygens (including phenoxy) is 1. The van der Waals surface area contributed by atoms with E-state index in [1.165, 1.54) is 42.5 Å².